The molecule has 0 fully saturated rings. The van der Waals surface area contributed by atoms with Crippen LogP contribution in [-0.4, -0.2) is 6.29 Å². The maximum atomic E-state index is 10.1. The van der Waals surface area contributed by atoms with Gasteiger partial charge in [-0.1, -0.05) is 26.0 Å². The molecule has 1 unspecified atom stereocenters. The third-order valence-corrected chi connectivity index (χ3v) is 1.64. The summed E-state index contributed by atoms with van der Waals surface area (Å²) in [5.41, 5.74) is 1.24. The smallest absolute Gasteiger partial charge is 0.120 e. The summed E-state index contributed by atoms with van der Waals surface area (Å²) in [6.07, 6.45) is 3.67. The van der Waals surface area contributed by atoms with Crippen molar-refractivity contribution >= 4 is 6.29 Å². The summed E-state index contributed by atoms with van der Waals surface area (Å²) >= 11 is 0. The second kappa shape index (κ2) is 5.21. The Labute approximate surface area is 63.1 Å². The lowest BCUT2D eigenvalue weighted by Gasteiger charge is -2.07. The van der Waals surface area contributed by atoms with Gasteiger partial charge in [-0.3, -0.25) is 0 Å². The summed E-state index contributed by atoms with van der Waals surface area (Å²) in [7, 11) is 0. The Bertz CT molecular complexity index is 116. The van der Waals surface area contributed by atoms with Gasteiger partial charge in [-0.25, -0.2) is 0 Å². The van der Waals surface area contributed by atoms with Gasteiger partial charge < -0.3 is 4.79 Å². The monoisotopic (exact) mass is 140 g/mol. The molecule has 0 aliphatic heterocycles. The first-order valence-electron chi connectivity index (χ1n) is 3.81. The summed E-state index contributed by atoms with van der Waals surface area (Å²) in [5, 5.41) is 0. The first-order chi connectivity index (χ1) is 4.70. The van der Waals surface area contributed by atoms with Crippen LogP contribution >= 0.6 is 0 Å². The van der Waals surface area contributed by atoms with Crippen molar-refractivity contribution in [1.29, 1.82) is 0 Å². The predicted octanol–water partition coefficient (Wildman–Crippen LogP) is 2.57. The number of aldehydes is 1. The van der Waals surface area contributed by atoms with Crippen LogP contribution in [0.5, 0.6) is 0 Å². The first-order valence-corrected chi connectivity index (χ1v) is 3.81. The number of rotatable bonds is 5. The fourth-order valence-electron chi connectivity index (χ4n) is 0.885. The van der Waals surface area contributed by atoms with Gasteiger partial charge in [-0.2, -0.15) is 0 Å². The average Bonchev–Trinajstić information content (AvgIpc) is 1.88. The summed E-state index contributed by atoms with van der Waals surface area (Å²) < 4.78 is 0. The second-order valence-electron chi connectivity index (χ2n) is 2.82. The van der Waals surface area contributed by atoms with Crippen LogP contribution in [0.15, 0.2) is 12.2 Å². The number of carbonyl (C=O) groups excluding carboxylic acids is 1. The highest BCUT2D eigenvalue weighted by Gasteiger charge is 2.01. The third kappa shape index (κ3) is 4.30. The van der Waals surface area contributed by atoms with Gasteiger partial charge in [0.1, 0.15) is 6.29 Å². The average molecular weight is 140 g/mol. The molecular formula is C9H16O. The van der Waals surface area contributed by atoms with Gasteiger partial charge in [0.2, 0.25) is 0 Å². The molecule has 0 spiro atoms. The van der Waals surface area contributed by atoms with Crippen molar-refractivity contribution < 1.29 is 4.79 Å². The molecule has 0 heterocycles. The van der Waals surface area contributed by atoms with Gasteiger partial charge in [-0.15, -0.1) is 0 Å². The molecule has 0 saturated heterocycles. The Morgan fingerprint density at radius 3 is 2.70 bits per heavy atom. The second-order valence-corrected chi connectivity index (χ2v) is 2.82. The normalized spacial score (nSPS) is 12.6. The molecular weight excluding hydrogens is 124 g/mol. The van der Waals surface area contributed by atoms with Crippen LogP contribution in [0, 0.1) is 5.92 Å². The number of carbonyl (C=O) groups is 1. The van der Waals surface area contributed by atoms with Crippen molar-refractivity contribution in [2.45, 2.75) is 33.1 Å². The van der Waals surface area contributed by atoms with Crippen LogP contribution in [-0.2, 0) is 4.79 Å². The van der Waals surface area contributed by atoms with Gasteiger partial charge in [0.05, 0.1) is 0 Å². The van der Waals surface area contributed by atoms with Crippen molar-refractivity contribution in [1.82, 2.24) is 0 Å². The van der Waals surface area contributed by atoms with Crippen molar-refractivity contribution in [2.24, 2.45) is 5.92 Å². The van der Waals surface area contributed by atoms with Crippen LogP contribution in [0.3, 0.4) is 0 Å². The molecule has 1 heteroatoms. The van der Waals surface area contributed by atoms with Crippen molar-refractivity contribution in [3.05, 3.63) is 12.2 Å². The zero-order valence-corrected chi connectivity index (χ0v) is 6.89. The largest absolute Gasteiger partial charge is 0.303 e. The van der Waals surface area contributed by atoms with E-state index >= 15 is 0 Å². The van der Waals surface area contributed by atoms with E-state index in [-0.39, 0.29) is 0 Å². The molecule has 0 aromatic carbocycles. The topological polar surface area (TPSA) is 17.1 Å². The Hall–Kier alpha value is -0.590. The molecule has 0 amide bonds. The van der Waals surface area contributed by atoms with Gasteiger partial charge in [0.15, 0.2) is 0 Å². The molecule has 58 valence electrons. The van der Waals surface area contributed by atoms with Crippen molar-refractivity contribution in [2.75, 3.05) is 0 Å². The summed E-state index contributed by atoms with van der Waals surface area (Å²) in [5.74, 6) is 0.477. The number of allylic oxidation sites excluding steroid dienone is 1. The van der Waals surface area contributed by atoms with Crippen molar-refractivity contribution in [3.63, 3.8) is 0 Å². The molecule has 1 atom stereocenters. The van der Waals surface area contributed by atoms with Crippen LogP contribution in [0.2, 0.25) is 0 Å². The quantitative estimate of drug-likeness (QED) is 0.423. The van der Waals surface area contributed by atoms with E-state index in [0.717, 1.165) is 19.1 Å². The van der Waals surface area contributed by atoms with Crippen LogP contribution in [0.25, 0.3) is 0 Å². The maximum Gasteiger partial charge on any atom is 0.120 e. The van der Waals surface area contributed by atoms with Crippen LogP contribution in [0.1, 0.15) is 33.1 Å². The Balaban J connectivity index is 3.46. The summed E-state index contributed by atoms with van der Waals surface area (Å²) in [6.45, 7) is 8.05. The van der Waals surface area contributed by atoms with Gasteiger partial charge in [0, 0.05) is 6.42 Å². The minimum atomic E-state index is 0.477. The van der Waals surface area contributed by atoms with Gasteiger partial charge in [-0.05, 0) is 18.8 Å². The summed E-state index contributed by atoms with van der Waals surface area (Å²) in [4.78, 5) is 10.1. The maximum absolute atomic E-state index is 10.1. The van der Waals surface area contributed by atoms with E-state index in [9.17, 15) is 4.79 Å². The van der Waals surface area contributed by atoms with E-state index < -0.39 is 0 Å². The zero-order chi connectivity index (χ0) is 7.98. The van der Waals surface area contributed by atoms with Gasteiger partial charge >= 0.3 is 0 Å². The standard InChI is InChI=1S/C9H16O/c1-4-8(2)7-9(3)5-6-10/h6,9H,2,4-5,7H2,1,3H3. The fourth-order valence-corrected chi connectivity index (χ4v) is 0.885. The predicted molar refractivity (Wildman–Crippen MR) is 43.9 cm³/mol. The molecule has 0 aliphatic carbocycles. The van der Waals surface area contributed by atoms with E-state index in [1.165, 1.54) is 5.57 Å². The summed E-state index contributed by atoms with van der Waals surface area (Å²) in [6, 6.07) is 0. The highest BCUT2D eigenvalue weighted by molar-refractivity contribution is 5.49. The number of hydrogen-bond acceptors (Lipinski definition) is 1. The minimum absolute atomic E-state index is 0.477. The Kier molecular flexibility index (Phi) is 4.91. The highest BCUT2D eigenvalue weighted by atomic mass is 16.1. The minimum Gasteiger partial charge on any atom is -0.303 e. The molecule has 0 aliphatic rings. The molecule has 0 aromatic rings. The van der Waals surface area contributed by atoms with E-state index in [0.29, 0.717) is 12.3 Å². The molecule has 0 saturated carbocycles. The van der Waals surface area contributed by atoms with Crippen molar-refractivity contribution in [3.8, 4) is 0 Å². The first kappa shape index (κ1) is 9.41. The Morgan fingerprint density at radius 2 is 2.30 bits per heavy atom. The lowest BCUT2D eigenvalue weighted by atomic mass is 9.98. The van der Waals surface area contributed by atoms with Crippen LogP contribution in [0.4, 0.5) is 0 Å². The van der Waals surface area contributed by atoms with E-state index in [2.05, 4.69) is 20.4 Å². The molecule has 0 rings (SSSR count). The number of hydrogen-bond donors (Lipinski definition) is 0. The van der Waals surface area contributed by atoms with Crippen LogP contribution < -0.4 is 0 Å². The van der Waals surface area contributed by atoms with E-state index in [1.807, 2.05) is 0 Å². The molecule has 0 N–H and O–H groups in total. The zero-order valence-electron chi connectivity index (χ0n) is 6.89. The lowest BCUT2D eigenvalue weighted by Crippen LogP contribution is -1.96. The molecule has 0 aromatic heterocycles. The van der Waals surface area contributed by atoms with E-state index in [4.69, 9.17) is 0 Å². The third-order valence-electron chi connectivity index (χ3n) is 1.64. The molecule has 10 heavy (non-hydrogen) atoms. The fraction of sp³-hybridized carbons (Fsp3) is 0.667. The van der Waals surface area contributed by atoms with Gasteiger partial charge in [0.25, 0.3) is 0 Å². The van der Waals surface area contributed by atoms with E-state index in [1.54, 1.807) is 0 Å². The Morgan fingerprint density at radius 1 is 1.70 bits per heavy atom. The molecule has 0 bridgehead atoms. The molecule has 1 nitrogen and oxygen atoms in total. The molecule has 0 radical (unpaired) electrons. The highest BCUT2D eigenvalue weighted by Crippen LogP contribution is 2.13. The SMILES string of the molecule is C=C(CC)CC(C)CC=O. The lowest BCUT2D eigenvalue weighted by molar-refractivity contribution is -0.108.